The van der Waals surface area contributed by atoms with E-state index in [0.29, 0.717) is 0 Å². The molecule has 0 N–H and O–H groups in total. The number of allylic oxidation sites excluding steroid dienone is 2. The summed E-state index contributed by atoms with van der Waals surface area (Å²) in [5.74, 6) is 0. The smallest absolute Gasteiger partial charge is 0.0518 e. The largest absolute Gasteiger partial charge is 0.118 e. The van der Waals surface area contributed by atoms with E-state index < -0.39 is 0 Å². The summed E-state index contributed by atoms with van der Waals surface area (Å²) in [6.07, 6.45) is 8.25. The number of hydrogen-bond acceptors (Lipinski definition) is 0. The predicted molar refractivity (Wildman–Crippen MR) is 79.1 cm³/mol. The second-order valence-corrected chi connectivity index (χ2v) is 6.20. The third-order valence-electron chi connectivity index (χ3n) is 2.99. The molecule has 0 fully saturated rings. The second kappa shape index (κ2) is 6.06. The highest BCUT2D eigenvalue weighted by Crippen LogP contribution is 2.23. The Hall–Kier alpha value is -0.0200. The van der Waals surface area contributed by atoms with Crippen molar-refractivity contribution in [1.82, 2.24) is 0 Å². The highest BCUT2D eigenvalue weighted by molar-refractivity contribution is 14.1. The lowest BCUT2D eigenvalue weighted by molar-refractivity contribution is 0.710. The van der Waals surface area contributed by atoms with Crippen LogP contribution in [0.2, 0.25) is 0 Å². The van der Waals surface area contributed by atoms with Gasteiger partial charge in [-0.2, -0.15) is 0 Å². The Morgan fingerprint density at radius 1 is 1.19 bits per heavy atom. The Balaban J connectivity index is 2.05. The second-order valence-electron chi connectivity index (χ2n) is 4.39. The van der Waals surface area contributed by atoms with E-state index in [1.54, 1.807) is 0 Å². The van der Waals surface area contributed by atoms with Gasteiger partial charge in [-0.1, -0.05) is 30.2 Å². The quantitative estimate of drug-likeness (QED) is 0.404. The van der Waals surface area contributed by atoms with Gasteiger partial charge in [0.25, 0.3) is 0 Å². The maximum absolute atomic E-state index is 6.23. The minimum Gasteiger partial charge on any atom is -0.118 e. The summed E-state index contributed by atoms with van der Waals surface area (Å²) >= 11 is 8.57. The van der Waals surface area contributed by atoms with Gasteiger partial charge in [0.05, 0.1) is 5.38 Å². The van der Waals surface area contributed by atoms with Crippen molar-refractivity contribution in [1.29, 1.82) is 0 Å². The van der Waals surface area contributed by atoms with Gasteiger partial charge in [-0.15, -0.1) is 11.6 Å². The number of halogens is 2. The Bertz CT molecular complexity index is 367. The molecule has 1 atom stereocenters. The monoisotopic (exact) mass is 346 g/mol. The molecule has 1 aliphatic rings. The summed E-state index contributed by atoms with van der Waals surface area (Å²) < 4.78 is 1.30. The normalized spacial score (nSPS) is 21.4. The van der Waals surface area contributed by atoms with Gasteiger partial charge in [0.2, 0.25) is 0 Å². The topological polar surface area (TPSA) is 0 Å². The molecule has 0 saturated heterocycles. The first kappa shape index (κ1) is 12.4. The van der Waals surface area contributed by atoms with Crippen LogP contribution < -0.4 is 0 Å². The SMILES string of the molecule is ClC1C=C(Cc2ccc(I)cc2)CCCC1. The highest BCUT2D eigenvalue weighted by Gasteiger charge is 2.09. The molecule has 16 heavy (non-hydrogen) atoms. The molecule has 0 saturated carbocycles. The lowest BCUT2D eigenvalue weighted by Gasteiger charge is -2.06. The summed E-state index contributed by atoms with van der Waals surface area (Å²) in [5, 5.41) is 0.251. The van der Waals surface area contributed by atoms with Crippen molar-refractivity contribution >= 4 is 34.2 Å². The Labute approximate surface area is 116 Å². The lowest BCUT2D eigenvalue weighted by Crippen LogP contribution is -1.94. The van der Waals surface area contributed by atoms with E-state index in [0.717, 1.165) is 12.8 Å². The van der Waals surface area contributed by atoms with Crippen molar-refractivity contribution in [3.05, 3.63) is 45.0 Å². The number of alkyl halides is 1. The summed E-state index contributed by atoms with van der Waals surface area (Å²) in [6.45, 7) is 0. The van der Waals surface area contributed by atoms with Gasteiger partial charge in [-0.25, -0.2) is 0 Å². The zero-order valence-electron chi connectivity index (χ0n) is 9.26. The van der Waals surface area contributed by atoms with E-state index >= 15 is 0 Å². The Morgan fingerprint density at radius 2 is 1.94 bits per heavy atom. The van der Waals surface area contributed by atoms with Gasteiger partial charge in [0.1, 0.15) is 0 Å². The van der Waals surface area contributed by atoms with Crippen LogP contribution in [0.5, 0.6) is 0 Å². The number of benzene rings is 1. The fraction of sp³-hybridized carbons (Fsp3) is 0.429. The van der Waals surface area contributed by atoms with E-state index in [4.69, 9.17) is 11.6 Å². The molecule has 0 spiro atoms. The minimum absolute atomic E-state index is 0.251. The highest BCUT2D eigenvalue weighted by atomic mass is 127. The maximum Gasteiger partial charge on any atom is 0.0518 e. The minimum atomic E-state index is 0.251. The molecule has 0 bridgehead atoms. The van der Waals surface area contributed by atoms with Crippen LogP contribution >= 0.6 is 34.2 Å². The summed E-state index contributed by atoms with van der Waals surface area (Å²) in [6, 6.07) is 8.78. The van der Waals surface area contributed by atoms with Crippen LogP contribution in [0.1, 0.15) is 31.2 Å². The van der Waals surface area contributed by atoms with E-state index in [1.165, 1.54) is 34.0 Å². The fourth-order valence-corrected chi connectivity index (χ4v) is 2.82. The van der Waals surface area contributed by atoms with Gasteiger partial charge in [-0.3, -0.25) is 0 Å². The van der Waals surface area contributed by atoms with E-state index in [1.807, 2.05) is 0 Å². The molecule has 0 amide bonds. The van der Waals surface area contributed by atoms with Crippen LogP contribution in [0.4, 0.5) is 0 Å². The summed E-state index contributed by atoms with van der Waals surface area (Å²) in [5.41, 5.74) is 2.91. The first-order valence-corrected chi connectivity index (χ1v) is 7.33. The molecule has 2 rings (SSSR count). The Kier molecular flexibility index (Phi) is 4.71. The van der Waals surface area contributed by atoms with Crippen molar-refractivity contribution in [3.63, 3.8) is 0 Å². The standard InChI is InChI=1S/C14H16ClI/c15-13-4-2-1-3-12(10-13)9-11-5-7-14(16)8-6-11/h5-8,10,13H,1-4,9H2. The van der Waals surface area contributed by atoms with Gasteiger partial charge in [0, 0.05) is 3.57 Å². The molecule has 0 radical (unpaired) electrons. The van der Waals surface area contributed by atoms with Crippen LogP contribution in [0.15, 0.2) is 35.9 Å². The number of hydrogen-bond donors (Lipinski definition) is 0. The maximum atomic E-state index is 6.23. The molecule has 0 nitrogen and oxygen atoms in total. The Morgan fingerprint density at radius 3 is 2.69 bits per heavy atom. The van der Waals surface area contributed by atoms with Crippen molar-refractivity contribution in [2.24, 2.45) is 0 Å². The van der Waals surface area contributed by atoms with Gasteiger partial charge < -0.3 is 0 Å². The average molecular weight is 347 g/mol. The van der Waals surface area contributed by atoms with E-state index in [9.17, 15) is 0 Å². The molecule has 1 unspecified atom stereocenters. The fourth-order valence-electron chi connectivity index (χ4n) is 2.13. The van der Waals surface area contributed by atoms with Crippen LogP contribution in [0.3, 0.4) is 0 Å². The summed E-state index contributed by atoms with van der Waals surface area (Å²) in [4.78, 5) is 0. The van der Waals surface area contributed by atoms with Gasteiger partial charge in [0.15, 0.2) is 0 Å². The molecule has 1 aliphatic carbocycles. The molecule has 1 aromatic carbocycles. The van der Waals surface area contributed by atoms with E-state index in [-0.39, 0.29) is 5.38 Å². The molecule has 0 aliphatic heterocycles. The molecule has 2 heteroatoms. The third-order valence-corrected chi connectivity index (χ3v) is 4.05. The van der Waals surface area contributed by atoms with Gasteiger partial charge in [-0.05, 0) is 66.0 Å². The molecule has 86 valence electrons. The predicted octanol–water partition coefficient (Wildman–Crippen LogP) is 4.94. The van der Waals surface area contributed by atoms with Crippen molar-refractivity contribution in [2.45, 2.75) is 37.5 Å². The van der Waals surface area contributed by atoms with Crippen LogP contribution in [0, 0.1) is 3.57 Å². The van der Waals surface area contributed by atoms with Crippen molar-refractivity contribution in [3.8, 4) is 0 Å². The van der Waals surface area contributed by atoms with Gasteiger partial charge >= 0.3 is 0 Å². The average Bonchev–Trinajstić information content (AvgIpc) is 2.46. The molecule has 1 aromatic rings. The lowest BCUT2D eigenvalue weighted by atomic mass is 10.0. The third kappa shape index (κ3) is 3.77. The summed E-state index contributed by atoms with van der Waals surface area (Å²) in [7, 11) is 0. The molecule has 0 aromatic heterocycles. The van der Waals surface area contributed by atoms with Crippen LogP contribution in [0.25, 0.3) is 0 Å². The van der Waals surface area contributed by atoms with Crippen LogP contribution in [-0.2, 0) is 6.42 Å². The molecular formula is C14H16ClI. The van der Waals surface area contributed by atoms with Crippen molar-refractivity contribution in [2.75, 3.05) is 0 Å². The van der Waals surface area contributed by atoms with Crippen molar-refractivity contribution < 1.29 is 0 Å². The first-order chi connectivity index (χ1) is 7.74. The molecule has 0 heterocycles. The molecular weight excluding hydrogens is 331 g/mol. The first-order valence-electron chi connectivity index (χ1n) is 5.82. The zero-order chi connectivity index (χ0) is 11.4. The van der Waals surface area contributed by atoms with Crippen LogP contribution in [-0.4, -0.2) is 5.38 Å². The zero-order valence-corrected chi connectivity index (χ0v) is 12.2. The number of rotatable bonds is 2. The van der Waals surface area contributed by atoms with E-state index in [2.05, 4.69) is 52.9 Å².